The van der Waals surface area contributed by atoms with Crippen molar-refractivity contribution >= 4 is 34.2 Å². The Hall–Kier alpha value is -0.410. The monoisotopic (exact) mass is 409 g/mol. The number of hydrogen-bond donors (Lipinski definition) is 1. The Kier molecular flexibility index (Phi) is 7.12. The molecule has 3 unspecified atom stereocenters. The lowest BCUT2D eigenvalue weighted by Crippen LogP contribution is -2.58. The number of nitrogens with zero attached hydrogens (tertiary/aromatic N) is 2. The maximum absolute atomic E-state index is 13.3. The average Bonchev–Trinajstić information content (AvgIpc) is 2.57. The van der Waals surface area contributed by atoms with E-state index in [0.717, 1.165) is 5.56 Å². The molecular formula is C16H25Cl2N3O3S. The van der Waals surface area contributed by atoms with Gasteiger partial charge in [-0.15, -0.1) is 12.4 Å². The minimum Gasteiger partial charge on any atom is -0.375 e. The van der Waals surface area contributed by atoms with Crippen molar-refractivity contribution in [3.8, 4) is 0 Å². The van der Waals surface area contributed by atoms with Crippen LogP contribution in [0.2, 0.25) is 5.02 Å². The Morgan fingerprint density at radius 1 is 1.24 bits per heavy atom. The van der Waals surface area contributed by atoms with Crippen LogP contribution in [0.3, 0.4) is 0 Å². The Labute approximate surface area is 161 Å². The largest absolute Gasteiger partial charge is 0.375 e. The Morgan fingerprint density at radius 2 is 1.96 bits per heavy atom. The zero-order chi connectivity index (χ0) is 17.3. The molecule has 1 aromatic rings. The second-order valence-electron chi connectivity index (χ2n) is 6.42. The number of morpholine rings is 1. The number of benzene rings is 1. The standard InChI is InChI=1S/C16H24ClN3O3S.ClH/c1-12-11-23-13(2)10-20(12)24(21,22)19-8-7-18-9-16(19)14-5-3-4-6-15(14)17;/h3-6,12-13,16,18H,7-11H2,1-2H3;1H. The van der Waals surface area contributed by atoms with E-state index in [2.05, 4.69) is 5.32 Å². The lowest BCUT2D eigenvalue weighted by atomic mass is 10.1. The van der Waals surface area contributed by atoms with Crippen LogP contribution in [-0.2, 0) is 14.9 Å². The van der Waals surface area contributed by atoms with E-state index in [1.165, 1.54) is 0 Å². The Morgan fingerprint density at radius 3 is 2.68 bits per heavy atom. The van der Waals surface area contributed by atoms with E-state index in [9.17, 15) is 8.42 Å². The Balaban J connectivity index is 0.00000225. The van der Waals surface area contributed by atoms with Crippen LogP contribution in [-0.4, -0.2) is 62.0 Å². The highest BCUT2D eigenvalue weighted by atomic mass is 35.5. The van der Waals surface area contributed by atoms with Gasteiger partial charge in [-0.3, -0.25) is 0 Å². The summed E-state index contributed by atoms with van der Waals surface area (Å²) in [6, 6.07) is 6.96. The number of halogens is 2. The summed E-state index contributed by atoms with van der Waals surface area (Å²) in [5.41, 5.74) is 0.837. The third kappa shape index (κ3) is 4.30. The van der Waals surface area contributed by atoms with Crippen LogP contribution < -0.4 is 5.32 Å². The van der Waals surface area contributed by atoms with Crippen LogP contribution in [0.15, 0.2) is 24.3 Å². The summed E-state index contributed by atoms with van der Waals surface area (Å²) in [6.07, 6.45) is -0.0994. The van der Waals surface area contributed by atoms with Crippen molar-refractivity contribution in [2.45, 2.75) is 32.0 Å². The first-order chi connectivity index (χ1) is 11.4. The van der Waals surface area contributed by atoms with Gasteiger partial charge in [-0.2, -0.15) is 17.0 Å². The van der Waals surface area contributed by atoms with Crippen molar-refractivity contribution in [3.63, 3.8) is 0 Å². The minimum atomic E-state index is -3.59. The lowest BCUT2D eigenvalue weighted by molar-refractivity contribution is -0.0198. The molecule has 2 heterocycles. The quantitative estimate of drug-likeness (QED) is 0.829. The van der Waals surface area contributed by atoms with Crippen molar-refractivity contribution < 1.29 is 13.2 Å². The summed E-state index contributed by atoms with van der Waals surface area (Å²) in [7, 11) is -3.59. The van der Waals surface area contributed by atoms with Gasteiger partial charge in [0.2, 0.25) is 0 Å². The first kappa shape index (κ1) is 20.9. The Bertz CT molecular complexity index is 689. The van der Waals surface area contributed by atoms with Gasteiger partial charge >= 0.3 is 0 Å². The van der Waals surface area contributed by atoms with Gasteiger partial charge in [-0.05, 0) is 25.5 Å². The minimum absolute atomic E-state index is 0. The predicted molar refractivity (Wildman–Crippen MR) is 102 cm³/mol. The van der Waals surface area contributed by atoms with Gasteiger partial charge in [-0.25, -0.2) is 0 Å². The van der Waals surface area contributed by atoms with E-state index < -0.39 is 10.2 Å². The number of rotatable bonds is 3. The van der Waals surface area contributed by atoms with E-state index in [1.54, 1.807) is 14.7 Å². The van der Waals surface area contributed by atoms with Crippen LogP contribution in [0.5, 0.6) is 0 Å². The molecule has 9 heteroatoms. The van der Waals surface area contributed by atoms with Gasteiger partial charge in [0.25, 0.3) is 10.2 Å². The zero-order valence-electron chi connectivity index (χ0n) is 14.4. The summed E-state index contributed by atoms with van der Waals surface area (Å²) >= 11 is 6.33. The maximum atomic E-state index is 13.3. The third-order valence-corrected chi connectivity index (χ3v) is 7.08. The highest BCUT2D eigenvalue weighted by Crippen LogP contribution is 2.32. The van der Waals surface area contributed by atoms with E-state index in [4.69, 9.17) is 16.3 Å². The third-order valence-electron chi connectivity index (χ3n) is 4.60. The highest BCUT2D eigenvalue weighted by molar-refractivity contribution is 7.86. The molecule has 0 spiro atoms. The van der Waals surface area contributed by atoms with Gasteiger partial charge in [-0.1, -0.05) is 29.8 Å². The smallest absolute Gasteiger partial charge is 0.283 e. The number of piperazine rings is 1. The first-order valence-electron chi connectivity index (χ1n) is 8.26. The molecule has 142 valence electrons. The maximum Gasteiger partial charge on any atom is 0.283 e. The number of nitrogens with one attached hydrogen (secondary N) is 1. The second-order valence-corrected chi connectivity index (χ2v) is 8.66. The normalized spacial score (nSPS) is 29.2. The number of ether oxygens (including phenoxy) is 1. The number of hydrogen-bond acceptors (Lipinski definition) is 4. The second kappa shape index (κ2) is 8.52. The van der Waals surface area contributed by atoms with Gasteiger partial charge in [0.1, 0.15) is 0 Å². The van der Waals surface area contributed by atoms with Crippen molar-refractivity contribution in [2.24, 2.45) is 0 Å². The summed E-state index contributed by atoms with van der Waals surface area (Å²) in [6.45, 7) is 6.20. The fourth-order valence-corrected chi connectivity index (χ4v) is 5.58. The average molecular weight is 410 g/mol. The molecule has 3 atom stereocenters. The van der Waals surface area contributed by atoms with Gasteiger partial charge in [0.05, 0.1) is 18.8 Å². The molecule has 0 radical (unpaired) electrons. The molecule has 0 saturated carbocycles. The molecule has 0 amide bonds. The molecule has 0 bridgehead atoms. The van der Waals surface area contributed by atoms with Crippen molar-refractivity contribution in [2.75, 3.05) is 32.8 Å². The molecule has 0 aliphatic carbocycles. The predicted octanol–water partition coefficient (Wildman–Crippen LogP) is 2.06. The topological polar surface area (TPSA) is 61.9 Å². The summed E-state index contributed by atoms with van der Waals surface area (Å²) in [4.78, 5) is 0. The summed E-state index contributed by atoms with van der Waals surface area (Å²) < 4.78 is 35.4. The van der Waals surface area contributed by atoms with E-state index in [1.807, 2.05) is 32.0 Å². The first-order valence-corrected chi connectivity index (χ1v) is 10.0. The molecule has 25 heavy (non-hydrogen) atoms. The van der Waals surface area contributed by atoms with E-state index in [0.29, 0.717) is 37.8 Å². The summed E-state index contributed by atoms with van der Waals surface area (Å²) in [5, 5.41) is 3.87. The fraction of sp³-hybridized carbons (Fsp3) is 0.625. The molecule has 2 aliphatic heterocycles. The van der Waals surface area contributed by atoms with Gasteiger partial charge < -0.3 is 10.1 Å². The SMILES string of the molecule is CC1CN(S(=O)(=O)N2CCNCC2c2ccccc2Cl)C(C)CO1.Cl. The van der Waals surface area contributed by atoms with Crippen LogP contribution in [0, 0.1) is 0 Å². The fourth-order valence-electron chi connectivity index (χ4n) is 3.30. The van der Waals surface area contributed by atoms with Crippen molar-refractivity contribution in [1.82, 2.24) is 13.9 Å². The molecule has 1 aromatic carbocycles. The molecule has 3 rings (SSSR count). The van der Waals surface area contributed by atoms with Crippen LogP contribution in [0.4, 0.5) is 0 Å². The van der Waals surface area contributed by atoms with E-state index >= 15 is 0 Å². The molecule has 1 N–H and O–H groups in total. The lowest BCUT2D eigenvalue weighted by Gasteiger charge is -2.42. The van der Waals surface area contributed by atoms with Gasteiger partial charge in [0.15, 0.2) is 0 Å². The molecule has 2 aliphatic rings. The zero-order valence-corrected chi connectivity index (χ0v) is 16.8. The molecule has 0 aromatic heterocycles. The van der Waals surface area contributed by atoms with Crippen LogP contribution in [0.25, 0.3) is 0 Å². The van der Waals surface area contributed by atoms with Gasteiger partial charge in [0, 0.05) is 37.2 Å². The van der Waals surface area contributed by atoms with Crippen LogP contribution >= 0.6 is 24.0 Å². The van der Waals surface area contributed by atoms with Crippen LogP contribution in [0.1, 0.15) is 25.5 Å². The molecule has 2 saturated heterocycles. The summed E-state index contributed by atoms with van der Waals surface area (Å²) in [5.74, 6) is 0. The van der Waals surface area contributed by atoms with E-state index in [-0.39, 0.29) is 30.6 Å². The van der Waals surface area contributed by atoms with Crippen molar-refractivity contribution in [1.29, 1.82) is 0 Å². The molecule has 2 fully saturated rings. The molecule has 6 nitrogen and oxygen atoms in total. The highest BCUT2D eigenvalue weighted by Gasteiger charge is 2.41. The molecular weight excluding hydrogens is 385 g/mol. The van der Waals surface area contributed by atoms with Crippen molar-refractivity contribution in [3.05, 3.63) is 34.9 Å².